The van der Waals surface area contributed by atoms with E-state index in [-0.39, 0.29) is 42.0 Å². The van der Waals surface area contributed by atoms with Gasteiger partial charge in [0.2, 0.25) is 0 Å². The van der Waals surface area contributed by atoms with Gasteiger partial charge in [0.25, 0.3) is 5.91 Å². The Morgan fingerprint density at radius 1 is 0.603 bits per heavy atom. The van der Waals surface area contributed by atoms with Crippen LogP contribution in [-0.4, -0.2) is 92.2 Å². The van der Waals surface area contributed by atoms with Gasteiger partial charge in [-0.1, -0.05) is 66.7 Å². The van der Waals surface area contributed by atoms with Crippen LogP contribution in [0.25, 0.3) is 21.9 Å². The van der Waals surface area contributed by atoms with Gasteiger partial charge in [-0.25, -0.2) is 11.0 Å². The van der Waals surface area contributed by atoms with Gasteiger partial charge in [-0.2, -0.15) is 0 Å². The van der Waals surface area contributed by atoms with Gasteiger partial charge in [-0.05, 0) is 86.8 Å². The Balaban J connectivity index is 1.24. The Labute approximate surface area is 338 Å². The standard InChI is InChI=1S/C46H52N6O6/c1-29-23-49(24-30(2)51(29)27-33-11-7-5-8-12-33)43(35-15-17-40-37(19-35)22-42(58-40)46(54)48-56)44(41-21-38-20-36(45(53)47-55)16-18-39(38)57-41)50-25-31(3)52(32(4)26-50)28-34-13-9-6-10-14-34/h5-22,29-32,43-44,55-56H,23-28H2,1-4H3,(H,47,53)(H,48,54)/t29-,30+,31-,32+,43?,44?. The number of hydroxylamine groups is 2. The van der Waals surface area contributed by atoms with Crippen molar-refractivity contribution in [1.29, 1.82) is 0 Å². The minimum absolute atomic E-state index is 0.0247. The number of hydrogen-bond donors (Lipinski definition) is 4. The third kappa shape index (κ3) is 8.04. The Bertz CT molecular complexity index is 2250. The van der Waals surface area contributed by atoms with Gasteiger partial charge in [0.1, 0.15) is 16.9 Å². The average Bonchev–Trinajstić information content (AvgIpc) is 3.86. The molecule has 2 aromatic heterocycles. The van der Waals surface area contributed by atoms with Gasteiger partial charge in [-0.3, -0.25) is 39.6 Å². The van der Waals surface area contributed by atoms with Crippen LogP contribution in [-0.2, 0) is 13.1 Å². The van der Waals surface area contributed by atoms with Crippen LogP contribution in [0.4, 0.5) is 0 Å². The second-order valence-electron chi connectivity index (χ2n) is 16.2. The molecule has 4 heterocycles. The topological polar surface area (TPSA) is 138 Å². The molecule has 12 heteroatoms. The van der Waals surface area contributed by atoms with E-state index in [1.807, 2.05) is 12.1 Å². The smallest absolute Gasteiger partial charge is 0.310 e. The first kappa shape index (κ1) is 39.5. The molecule has 12 nitrogen and oxygen atoms in total. The van der Waals surface area contributed by atoms with Crippen molar-refractivity contribution in [3.63, 3.8) is 0 Å². The van der Waals surface area contributed by atoms with Gasteiger partial charge in [0.05, 0.1) is 12.1 Å². The molecule has 2 amide bonds. The van der Waals surface area contributed by atoms with E-state index in [2.05, 4.69) is 120 Å². The molecule has 2 saturated heterocycles. The maximum atomic E-state index is 12.5. The van der Waals surface area contributed by atoms with Crippen LogP contribution in [0.1, 0.15) is 83.1 Å². The Morgan fingerprint density at radius 2 is 1.10 bits per heavy atom. The fourth-order valence-corrected chi connectivity index (χ4v) is 9.42. The van der Waals surface area contributed by atoms with Crippen LogP contribution in [0.3, 0.4) is 0 Å². The van der Waals surface area contributed by atoms with Crippen molar-refractivity contribution < 1.29 is 28.8 Å². The summed E-state index contributed by atoms with van der Waals surface area (Å²) in [6, 6.07) is 36.6. The molecule has 2 unspecified atom stereocenters. The van der Waals surface area contributed by atoms with Crippen LogP contribution in [0, 0.1) is 0 Å². The van der Waals surface area contributed by atoms with E-state index >= 15 is 0 Å². The van der Waals surface area contributed by atoms with E-state index in [0.29, 0.717) is 16.7 Å². The molecule has 2 fully saturated rings. The van der Waals surface area contributed by atoms with Crippen molar-refractivity contribution in [3.05, 3.63) is 143 Å². The number of fused-ring (bicyclic) bond motifs is 2. The molecule has 6 atom stereocenters. The number of carbonyl (C=O) groups is 2. The molecule has 2 aliphatic rings. The summed E-state index contributed by atoms with van der Waals surface area (Å²) in [5.41, 5.74) is 8.57. The van der Waals surface area contributed by atoms with E-state index in [9.17, 15) is 20.0 Å². The molecule has 4 N–H and O–H groups in total. The fourth-order valence-electron chi connectivity index (χ4n) is 9.42. The minimum atomic E-state index is -0.711. The molecular weight excluding hydrogens is 733 g/mol. The third-order valence-corrected chi connectivity index (χ3v) is 12.2. The number of nitrogens with one attached hydrogen (secondary N) is 2. The van der Waals surface area contributed by atoms with Crippen LogP contribution in [0.2, 0.25) is 0 Å². The highest BCUT2D eigenvalue weighted by molar-refractivity contribution is 5.97. The van der Waals surface area contributed by atoms with E-state index in [4.69, 9.17) is 8.83 Å². The molecule has 0 saturated carbocycles. The lowest BCUT2D eigenvalue weighted by atomic mass is 9.89. The van der Waals surface area contributed by atoms with Crippen molar-refractivity contribution in [3.8, 4) is 0 Å². The summed E-state index contributed by atoms with van der Waals surface area (Å²) in [7, 11) is 0. The molecule has 302 valence electrons. The number of hydrogen-bond acceptors (Lipinski definition) is 10. The predicted molar refractivity (Wildman–Crippen MR) is 221 cm³/mol. The highest BCUT2D eigenvalue weighted by Crippen LogP contribution is 2.44. The van der Waals surface area contributed by atoms with Crippen molar-refractivity contribution in [1.82, 2.24) is 30.6 Å². The number of benzene rings is 4. The van der Waals surface area contributed by atoms with Crippen molar-refractivity contribution in [2.45, 2.75) is 77.0 Å². The van der Waals surface area contributed by atoms with Gasteiger partial charge in [-0.15, -0.1) is 0 Å². The number of nitrogens with zero attached hydrogens (tertiary/aromatic N) is 4. The van der Waals surface area contributed by atoms with Gasteiger partial charge < -0.3 is 8.83 Å². The normalized spacial score (nSPS) is 22.2. The van der Waals surface area contributed by atoms with Crippen molar-refractivity contribution >= 4 is 33.8 Å². The highest BCUT2D eigenvalue weighted by Gasteiger charge is 2.44. The predicted octanol–water partition coefficient (Wildman–Crippen LogP) is 7.39. The number of piperazine rings is 2. The number of furan rings is 2. The second-order valence-corrected chi connectivity index (χ2v) is 16.2. The molecule has 2 aliphatic heterocycles. The largest absolute Gasteiger partial charge is 0.459 e. The summed E-state index contributed by atoms with van der Waals surface area (Å²) < 4.78 is 12.7. The number of amides is 2. The monoisotopic (exact) mass is 784 g/mol. The quantitative estimate of drug-likeness (QED) is 0.0778. The molecule has 6 aromatic rings. The molecule has 8 rings (SSSR count). The van der Waals surface area contributed by atoms with E-state index < -0.39 is 11.8 Å². The van der Waals surface area contributed by atoms with Gasteiger partial charge in [0.15, 0.2) is 5.76 Å². The molecule has 58 heavy (non-hydrogen) atoms. The lowest BCUT2D eigenvalue weighted by Gasteiger charge is -2.52. The maximum absolute atomic E-state index is 12.5. The number of rotatable bonds is 11. The van der Waals surface area contributed by atoms with Gasteiger partial charge >= 0.3 is 5.91 Å². The van der Waals surface area contributed by atoms with E-state index in [1.54, 1.807) is 35.2 Å². The molecule has 0 bridgehead atoms. The molecule has 0 spiro atoms. The van der Waals surface area contributed by atoms with E-state index in [1.165, 1.54) is 11.1 Å². The first-order valence-corrected chi connectivity index (χ1v) is 20.1. The third-order valence-electron chi connectivity index (χ3n) is 12.2. The maximum Gasteiger partial charge on any atom is 0.310 e. The van der Waals surface area contributed by atoms with Crippen molar-refractivity contribution in [2.24, 2.45) is 0 Å². The first-order chi connectivity index (χ1) is 28.1. The summed E-state index contributed by atoms with van der Waals surface area (Å²) in [6.45, 7) is 14.1. The molecule has 4 aromatic carbocycles. The Hall–Kier alpha value is -5.34. The van der Waals surface area contributed by atoms with Gasteiger partial charge in [0, 0.05) is 79.8 Å². The molecule has 0 aliphatic carbocycles. The van der Waals surface area contributed by atoms with Crippen molar-refractivity contribution in [2.75, 3.05) is 26.2 Å². The zero-order valence-corrected chi connectivity index (χ0v) is 33.4. The van der Waals surface area contributed by atoms with Crippen LogP contribution >= 0.6 is 0 Å². The summed E-state index contributed by atoms with van der Waals surface area (Å²) in [5, 5.41) is 20.3. The van der Waals surface area contributed by atoms with Crippen LogP contribution < -0.4 is 11.0 Å². The van der Waals surface area contributed by atoms with E-state index in [0.717, 1.165) is 61.4 Å². The molecule has 0 radical (unpaired) electrons. The number of carbonyl (C=O) groups excluding carboxylic acids is 2. The summed E-state index contributed by atoms with van der Waals surface area (Å²) in [6.07, 6.45) is 0. The molecular formula is C46H52N6O6. The Kier molecular flexibility index (Phi) is 11.5. The average molecular weight is 785 g/mol. The minimum Gasteiger partial charge on any atom is -0.459 e. The summed E-state index contributed by atoms with van der Waals surface area (Å²) >= 11 is 0. The SMILES string of the molecule is C[C@@H]1CN(C(c2ccc3oc(C(=O)NO)cc3c2)C(c2cc3cc(C(=O)NO)ccc3o2)N2C[C@@H](C)N(Cc3ccccc3)[C@@H](C)C2)C[C@H](C)N1Cc1ccccc1. The lowest BCUT2D eigenvalue weighted by molar-refractivity contribution is -0.0483. The first-order valence-electron chi connectivity index (χ1n) is 20.1. The second kappa shape index (κ2) is 16.9. The van der Waals surface area contributed by atoms with Crippen LogP contribution in [0.5, 0.6) is 0 Å². The summed E-state index contributed by atoms with van der Waals surface area (Å²) in [5.74, 6) is -0.499. The zero-order chi connectivity index (χ0) is 40.5. The lowest BCUT2D eigenvalue weighted by Crippen LogP contribution is -2.60. The fraction of sp³-hybridized carbons (Fsp3) is 0.348. The zero-order valence-electron chi connectivity index (χ0n) is 33.4. The Morgan fingerprint density at radius 3 is 1.66 bits per heavy atom. The summed E-state index contributed by atoms with van der Waals surface area (Å²) in [4.78, 5) is 35.2. The van der Waals surface area contributed by atoms with Crippen LogP contribution in [0.15, 0.2) is 118 Å². The highest BCUT2D eigenvalue weighted by atomic mass is 16.5.